The summed E-state index contributed by atoms with van der Waals surface area (Å²) in [5.41, 5.74) is 1.83. The van der Waals surface area contributed by atoms with Crippen molar-refractivity contribution in [2.75, 3.05) is 31.8 Å². The van der Waals surface area contributed by atoms with E-state index in [4.69, 9.17) is 14.2 Å². The molecule has 4 aliphatic carbocycles. The highest BCUT2D eigenvalue weighted by molar-refractivity contribution is 7.98. The van der Waals surface area contributed by atoms with Gasteiger partial charge in [0.1, 0.15) is 6.10 Å². The first-order valence-electron chi connectivity index (χ1n) is 18.6. The molecule has 0 aromatic carbocycles. The van der Waals surface area contributed by atoms with E-state index in [1.165, 1.54) is 57.8 Å². The van der Waals surface area contributed by atoms with Gasteiger partial charge in [0.25, 0.3) is 0 Å². The van der Waals surface area contributed by atoms with Gasteiger partial charge in [-0.1, -0.05) is 58.6 Å². The molecule has 1 N–H and O–H groups in total. The van der Waals surface area contributed by atoms with E-state index in [-0.39, 0.29) is 23.2 Å². The molecule has 4 rings (SSSR count). The molecule has 7 unspecified atom stereocenters. The van der Waals surface area contributed by atoms with E-state index in [2.05, 4.69) is 59.2 Å². The number of alkyl carbamates (subject to hydrolysis) is 1. The second kappa shape index (κ2) is 15.7. The lowest BCUT2D eigenvalue weighted by molar-refractivity contribution is -0.119. The van der Waals surface area contributed by atoms with Gasteiger partial charge in [0.15, 0.2) is 0 Å². The molecule has 0 radical (unpaired) electrons. The number of thioether (sulfide) groups is 1. The van der Waals surface area contributed by atoms with Crippen molar-refractivity contribution >= 4 is 17.9 Å². The summed E-state index contributed by atoms with van der Waals surface area (Å²) in [4.78, 5) is 12.7. The molecule has 0 saturated heterocycles. The van der Waals surface area contributed by atoms with Crippen molar-refractivity contribution < 1.29 is 19.0 Å². The minimum atomic E-state index is -0.412. The maximum absolute atomic E-state index is 12.7. The summed E-state index contributed by atoms with van der Waals surface area (Å²) in [6.45, 7) is 19.7. The van der Waals surface area contributed by atoms with Gasteiger partial charge in [0.05, 0.1) is 24.4 Å². The smallest absolute Gasteiger partial charge is 0.407 e. The molecule has 0 aliphatic heterocycles. The largest absolute Gasteiger partial charge is 0.446 e. The molecule has 0 spiro atoms. The SMILES string of the molecule is CSCCC(C)(C)OCC(C)(C)OCCNC(=O)OC1CCC2(C)C(=CCC3C2CCC2(C)C(CCCCC(C)C)CCC32)C1. The highest BCUT2D eigenvalue weighted by Crippen LogP contribution is 2.66. The molecular weight excluding hydrogens is 578 g/mol. The maximum Gasteiger partial charge on any atom is 0.407 e. The van der Waals surface area contributed by atoms with Gasteiger partial charge in [-0.15, -0.1) is 0 Å². The normalized spacial score (nSPS) is 33.3. The Morgan fingerprint density at radius 3 is 2.53 bits per heavy atom. The number of rotatable bonds is 16. The van der Waals surface area contributed by atoms with Gasteiger partial charge in [-0.25, -0.2) is 4.79 Å². The number of carbonyl (C=O) groups excluding carboxylic acids is 1. The second-order valence-electron chi connectivity index (χ2n) is 17.4. The molecule has 0 bridgehead atoms. The van der Waals surface area contributed by atoms with Crippen LogP contribution in [0.25, 0.3) is 0 Å². The van der Waals surface area contributed by atoms with Gasteiger partial charge in [-0.3, -0.25) is 0 Å². The summed E-state index contributed by atoms with van der Waals surface area (Å²) < 4.78 is 18.2. The zero-order valence-corrected chi connectivity index (χ0v) is 31.4. The van der Waals surface area contributed by atoms with Gasteiger partial charge >= 0.3 is 6.09 Å². The summed E-state index contributed by atoms with van der Waals surface area (Å²) in [7, 11) is 0. The molecule has 3 saturated carbocycles. The van der Waals surface area contributed by atoms with Gasteiger partial charge < -0.3 is 19.5 Å². The Bertz CT molecular complexity index is 994. The second-order valence-corrected chi connectivity index (χ2v) is 18.3. The molecule has 45 heavy (non-hydrogen) atoms. The first-order valence-corrected chi connectivity index (χ1v) is 20.0. The Hall–Kier alpha value is -0.720. The molecule has 3 fully saturated rings. The number of carbonyl (C=O) groups is 1. The number of unbranched alkanes of at least 4 members (excludes halogenated alkanes) is 1. The molecule has 4 aliphatic rings. The van der Waals surface area contributed by atoms with Gasteiger partial charge in [-0.05, 0) is 138 Å². The Morgan fingerprint density at radius 2 is 1.80 bits per heavy atom. The van der Waals surface area contributed by atoms with Crippen LogP contribution in [0.3, 0.4) is 0 Å². The summed E-state index contributed by atoms with van der Waals surface area (Å²) in [6.07, 6.45) is 21.0. The van der Waals surface area contributed by atoms with Crippen LogP contribution in [-0.2, 0) is 14.2 Å². The first-order chi connectivity index (χ1) is 21.2. The average Bonchev–Trinajstić information content (AvgIpc) is 3.32. The minimum Gasteiger partial charge on any atom is -0.446 e. The average molecular weight is 648 g/mol. The van der Waals surface area contributed by atoms with Crippen molar-refractivity contribution in [3.05, 3.63) is 11.6 Å². The molecule has 0 aromatic rings. The molecular formula is C39H69NO4S. The topological polar surface area (TPSA) is 56.8 Å². The van der Waals surface area contributed by atoms with Crippen molar-refractivity contribution in [1.29, 1.82) is 0 Å². The fourth-order valence-electron chi connectivity index (χ4n) is 9.76. The van der Waals surface area contributed by atoms with Crippen LogP contribution < -0.4 is 5.32 Å². The van der Waals surface area contributed by atoms with Crippen LogP contribution >= 0.6 is 11.8 Å². The van der Waals surface area contributed by atoms with E-state index in [9.17, 15) is 4.79 Å². The number of hydrogen-bond donors (Lipinski definition) is 1. The number of hydrogen-bond acceptors (Lipinski definition) is 5. The van der Waals surface area contributed by atoms with Crippen LogP contribution in [-0.4, -0.2) is 55.2 Å². The van der Waals surface area contributed by atoms with E-state index in [1.54, 1.807) is 5.57 Å². The van der Waals surface area contributed by atoms with E-state index in [0.29, 0.717) is 25.2 Å². The molecule has 260 valence electrons. The minimum absolute atomic E-state index is 0.0225. The van der Waals surface area contributed by atoms with Crippen molar-refractivity contribution in [3.8, 4) is 0 Å². The number of nitrogens with one attached hydrogen (secondary N) is 1. The fourth-order valence-corrected chi connectivity index (χ4v) is 10.5. The van der Waals surface area contributed by atoms with Crippen LogP contribution in [0, 0.1) is 40.4 Å². The van der Waals surface area contributed by atoms with Gasteiger partial charge in [0.2, 0.25) is 0 Å². The molecule has 6 heteroatoms. The molecule has 5 nitrogen and oxygen atoms in total. The van der Waals surface area contributed by atoms with Crippen molar-refractivity contribution in [2.24, 2.45) is 40.4 Å². The van der Waals surface area contributed by atoms with Gasteiger partial charge in [0, 0.05) is 13.0 Å². The molecule has 1 amide bonds. The zero-order chi connectivity index (χ0) is 32.9. The highest BCUT2D eigenvalue weighted by atomic mass is 32.2. The van der Waals surface area contributed by atoms with Crippen molar-refractivity contribution in [2.45, 2.75) is 156 Å². The number of allylic oxidation sites excluding steroid dienone is 1. The Balaban J connectivity index is 1.21. The van der Waals surface area contributed by atoms with Crippen LogP contribution in [0.2, 0.25) is 0 Å². The predicted octanol–water partition coefficient (Wildman–Crippen LogP) is 10.2. The van der Waals surface area contributed by atoms with Crippen molar-refractivity contribution in [1.82, 2.24) is 5.32 Å². The zero-order valence-electron chi connectivity index (χ0n) is 30.6. The molecule has 7 atom stereocenters. The lowest BCUT2D eigenvalue weighted by Gasteiger charge is -2.58. The van der Waals surface area contributed by atoms with Crippen LogP contribution in [0.5, 0.6) is 0 Å². The van der Waals surface area contributed by atoms with E-state index < -0.39 is 5.60 Å². The lowest BCUT2D eigenvalue weighted by atomic mass is 9.47. The molecule has 0 aromatic heterocycles. The first kappa shape index (κ1) is 37.1. The van der Waals surface area contributed by atoms with E-state index in [1.807, 2.05) is 25.6 Å². The Morgan fingerprint density at radius 1 is 1.02 bits per heavy atom. The van der Waals surface area contributed by atoms with Gasteiger partial charge in [-0.2, -0.15) is 11.8 Å². The summed E-state index contributed by atoms with van der Waals surface area (Å²) in [5, 5.41) is 2.94. The fraction of sp³-hybridized carbons (Fsp3) is 0.923. The summed E-state index contributed by atoms with van der Waals surface area (Å²) >= 11 is 1.84. The lowest BCUT2D eigenvalue weighted by Crippen LogP contribution is -2.50. The Kier molecular flexibility index (Phi) is 12.9. The quantitative estimate of drug-likeness (QED) is 0.133. The number of fused-ring (bicyclic) bond motifs is 5. The standard InChI is InChI=1S/C39H69NO4S/c1-28(2)12-10-11-13-29-15-17-33-32-16-14-30-26-31(18-20-39(30,8)34(32)19-21-38(29,33)7)44-35(41)40-23-24-42-37(5,6)27-43-36(3,4)22-25-45-9/h14,28-29,31-34H,10-13,15-27H2,1-9H3,(H,40,41). The van der Waals surface area contributed by atoms with E-state index >= 15 is 0 Å². The monoisotopic (exact) mass is 647 g/mol. The highest BCUT2D eigenvalue weighted by Gasteiger charge is 2.58. The van der Waals surface area contributed by atoms with Crippen molar-refractivity contribution in [3.63, 3.8) is 0 Å². The third-order valence-electron chi connectivity index (χ3n) is 12.7. The number of ether oxygens (including phenoxy) is 3. The summed E-state index contributed by atoms with van der Waals surface area (Å²) in [5.74, 6) is 5.38. The maximum atomic E-state index is 12.7. The van der Waals surface area contributed by atoms with Crippen LogP contribution in [0.1, 0.15) is 139 Å². The number of amides is 1. The third kappa shape index (κ3) is 9.46. The van der Waals surface area contributed by atoms with E-state index in [0.717, 1.165) is 61.0 Å². The molecule has 0 heterocycles. The van der Waals surface area contributed by atoms with Crippen LogP contribution in [0.15, 0.2) is 11.6 Å². The predicted molar refractivity (Wildman–Crippen MR) is 190 cm³/mol. The summed E-state index contributed by atoms with van der Waals surface area (Å²) in [6, 6.07) is 0. The third-order valence-corrected chi connectivity index (χ3v) is 13.3. The van der Waals surface area contributed by atoms with Crippen LogP contribution in [0.4, 0.5) is 4.79 Å². The Labute approximate surface area is 281 Å².